The first-order chi connectivity index (χ1) is 20.8. The summed E-state index contributed by atoms with van der Waals surface area (Å²) in [5, 5.41) is 60.8. The fraction of sp³-hybridized carbons (Fsp3) is 0.559. The smallest absolute Gasteiger partial charge is 0.338 e. The molecule has 0 aromatic heterocycles. The molecule has 3 aliphatic carbocycles. The van der Waals surface area contributed by atoms with Gasteiger partial charge in [0.2, 0.25) is 0 Å². The van der Waals surface area contributed by atoms with E-state index in [1.54, 1.807) is 37.3 Å². The van der Waals surface area contributed by atoms with Crippen LogP contribution in [-0.2, 0) is 24.9 Å². The van der Waals surface area contributed by atoms with Crippen molar-refractivity contribution in [3.05, 3.63) is 83.9 Å². The predicted molar refractivity (Wildman–Crippen MR) is 155 cm³/mol. The highest BCUT2D eigenvalue weighted by Crippen LogP contribution is 2.72. The highest BCUT2D eigenvalue weighted by molar-refractivity contribution is 5.89. The summed E-state index contributed by atoms with van der Waals surface area (Å²) in [6.45, 7) is 8.85. The molecule has 0 spiro atoms. The molecule has 0 radical (unpaired) electrons. The van der Waals surface area contributed by atoms with Crippen LogP contribution in [-0.4, -0.2) is 84.9 Å². The SMILES string of the molecule is C=C(C)[C@]12C[C@@H](C)[C@@]34O[C@@](c5ccccc5)(O[C@@H]1[C@@H]3[C@H](O)[C@](O)(COC(=O)c1ccccc1)[C@@H](O)[C@@]1(O)[C@H]4C[C@H](C)[C@@H]1O)O2. The Morgan fingerprint density at radius 3 is 2.25 bits per heavy atom. The van der Waals surface area contributed by atoms with Crippen molar-refractivity contribution in [2.45, 2.75) is 86.4 Å². The Labute approximate surface area is 255 Å². The summed E-state index contributed by atoms with van der Waals surface area (Å²) in [5.74, 6) is -5.59. The van der Waals surface area contributed by atoms with Crippen molar-refractivity contribution < 1.29 is 49.3 Å². The first kappa shape index (κ1) is 30.0. The van der Waals surface area contributed by atoms with E-state index in [1.807, 2.05) is 32.0 Å². The zero-order valence-corrected chi connectivity index (χ0v) is 25.0. The van der Waals surface area contributed by atoms with Crippen LogP contribution in [0.25, 0.3) is 0 Å². The topological polar surface area (TPSA) is 155 Å². The molecule has 0 unspecified atom stereocenters. The van der Waals surface area contributed by atoms with Gasteiger partial charge in [-0.1, -0.05) is 69.0 Å². The van der Waals surface area contributed by atoms with Gasteiger partial charge in [-0.25, -0.2) is 4.79 Å². The standard InChI is InChI=1S/C34H40O10/c1-18(2)31-16-20(4)33-23-15-19(3)25(35)32(23,40)29(38)30(39,17-41-28(37)21-11-7-5-8-12-21)26(36)24(33)27(31)42-34(43-31,44-33)22-13-9-6-10-14-22/h5-14,19-20,23-27,29,35-36,38-40H,1,15-17H2,2-4H3/t19-,20+,23+,24-,25-,26-,27+,29+,30+,31+,32+,33-,34-/m0/s1. The van der Waals surface area contributed by atoms with Gasteiger partial charge in [0.25, 0.3) is 0 Å². The van der Waals surface area contributed by atoms with Gasteiger partial charge >= 0.3 is 11.9 Å². The van der Waals surface area contributed by atoms with Gasteiger partial charge in [-0.05, 0) is 49.3 Å². The number of esters is 1. The van der Waals surface area contributed by atoms with Gasteiger partial charge in [0.15, 0.2) is 5.60 Å². The summed E-state index contributed by atoms with van der Waals surface area (Å²) in [4.78, 5) is 13.0. The Kier molecular flexibility index (Phi) is 6.59. The second-order valence-corrected chi connectivity index (χ2v) is 13.7. The van der Waals surface area contributed by atoms with Crippen molar-refractivity contribution in [3.8, 4) is 0 Å². The summed E-state index contributed by atoms with van der Waals surface area (Å²) in [5.41, 5.74) is -6.27. The van der Waals surface area contributed by atoms with Crippen LogP contribution >= 0.6 is 0 Å². The van der Waals surface area contributed by atoms with Crippen molar-refractivity contribution in [1.29, 1.82) is 0 Å². The number of ether oxygens (including phenoxy) is 4. The molecule has 2 aliphatic heterocycles. The van der Waals surface area contributed by atoms with Gasteiger partial charge in [-0.3, -0.25) is 0 Å². The summed E-state index contributed by atoms with van der Waals surface area (Å²) in [7, 11) is 0. The largest absolute Gasteiger partial charge is 0.459 e. The van der Waals surface area contributed by atoms with E-state index in [4.69, 9.17) is 18.9 Å². The zero-order valence-electron chi connectivity index (χ0n) is 25.0. The third-order valence-corrected chi connectivity index (χ3v) is 11.4. The molecular formula is C34H40O10. The van der Waals surface area contributed by atoms with E-state index in [1.165, 1.54) is 12.1 Å². The van der Waals surface area contributed by atoms with Crippen LogP contribution in [0, 0.1) is 23.7 Å². The van der Waals surface area contributed by atoms with Gasteiger partial charge in [0.05, 0.1) is 23.4 Å². The molecule has 7 rings (SSSR count). The Hall–Kier alpha value is -2.67. The van der Waals surface area contributed by atoms with E-state index in [0.29, 0.717) is 17.6 Å². The van der Waals surface area contributed by atoms with E-state index >= 15 is 0 Å². The molecule has 236 valence electrons. The maximum absolute atomic E-state index is 13.0. The number of hydrogen-bond donors (Lipinski definition) is 5. The molecule has 5 fully saturated rings. The second-order valence-electron chi connectivity index (χ2n) is 13.7. The summed E-state index contributed by atoms with van der Waals surface area (Å²) in [6.07, 6.45) is -5.89. The van der Waals surface area contributed by atoms with E-state index < -0.39 is 89.0 Å². The predicted octanol–water partition coefficient (Wildman–Crippen LogP) is 2.02. The summed E-state index contributed by atoms with van der Waals surface area (Å²) >= 11 is 0. The first-order valence-corrected chi connectivity index (χ1v) is 15.3. The van der Waals surface area contributed by atoms with Crippen LogP contribution < -0.4 is 0 Å². The van der Waals surface area contributed by atoms with Crippen molar-refractivity contribution >= 4 is 5.97 Å². The van der Waals surface area contributed by atoms with Gasteiger partial charge in [0, 0.05) is 17.4 Å². The fourth-order valence-electron chi connectivity index (χ4n) is 9.25. The van der Waals surface area contributed by atoms with Crippen LogP contribution in [0.3, 0.4) is 0 Å². The number of aliphatic hydroxyl groups is 5. The fourth-order valence-corrected chi connectivity index (χ4v) is 9.25. The molecule has 2 aromatic rings. The lowest BCUT2D eigenvalue weighted by Crippen LogP contribution is -2.73. The number of rotatable bonds is 5. The Morgan fingerprint density at radius 2 is 1.61 bits per heavy atom. The molecule has 13 atom stereocenters. The lowest BCUT2D eigenvalue weighted by atomic mass is 9.53. The monoisotopic (exact) mass is 608 g/mol. The van der Waals surface area contributed by atoms with E-state index in [-0.39, 0.29) is 12.0 Å². The number of fused-ring (bicyclic) bond motifs is 2. The average molecular weight is 609 g/mol. The number of hydrogen-bond acceptors (Lipinski definition) is 10. The number of carbonyl (C=O) groups excluding carboxylic acids is 1. The van der Waals surface area contributed by atoms with Crippen LogP contribution in [0.2, 0.25) is 0 Å². The third kappa shape index (κ3) is 3.56. The molecule has 5 N–H and O–H groups in total. The second kappa shape index (κ2) is 9.67. The van der Waals surface area contributed by atoms with Gasteiger partial charge < -0.3 is 44.5 Å². The average Bonchev–Trinajstić information content (AvgIpc) is 3.38. The molecule has 5 aliphatic rings. The number of benzene rings is 2. The molecule has 3 saturated carbocycles. The summed E-state index contributed by atoms with van der Waals surface area (Å²) < 4.78 is 26.0. The molecule has 2 saturated heterocycles. The normalized spacial score (nSPS) is 48.7. The molecule has 44 heavy (non-hydrogen) atoms. The molecule has 10 heteroatoms. The minimum Gasteiger partial charge on any atom is -0.459 e. The number of carbonyl (C=O) groups is 1. The maximum Gasteiger partial charge on any atom is 0.338 e. The molecule has 2 aromatic carbocycles. The van der Waals surface area contributed by atoms with Crippen molar-refractivity contribution in [1.82, 2.24) is 0 Å². The zero-order chi connectivity index (χ0) is 31.4. The van der Waals surface area contributed by atoms with Crippen LogP contribution in [0.4, 0.5) is 0 Å². The Balaban J connectivity index is 1.42. The van der Waals surface area contributed by atoms with Crippen molar-refractivity contribution in [3.63, 3.8) is 0 Å². The molecular weight excluding hydrogens is 568 g/mol. The molecule has 3 bridgehead atoms. The minimum atomic E-state index is -2.64. The van der Waals surface area contributed by atoms with E-state index in [2.05, 4.69) is 6.58 Å². The van der Waals surface area contributed by atoms with Crippen LogP contribution in [0.5, 0.6) is 0 Å². The molecule has 0 amide bonds. The minimum absolute atomic E-state index is 0.200. The highest BCUT2D eigenvalue weighted by Gasteiger charge is 2.85. The third-order valence-electron chi connectivity index (χ3n) is 11.4. The van der Waals surface area contributed by atoms with E-state index in [0.717, 1.165) is 0 Å². The van der Waals surface area contributed by atoms with Crippen LogP contribution in [0.15, 0.2) is 72.8 Å². The summed E-state index contributed by atoms with van der Waals surface area (Å²) in [6, 6.07) is 17.2. The van der Waals surface area contributed by atoms with Gasteiger partial charge in [0.1, 0.15) is 30.0 Å². The van der Waals surface area contributed by atoms with E-state index in [9.17, 15) is 30.3 Å². The Bertz CT molecular complexity index is 1470. The van der Waals surface area contributed by atoms with Crippen LogP contribution in [0.1, 0.15) is 49.5 Å². The quantitative estimate of drug-likeness (QED) is 0.252. The maximum atomic E-state index is 13.0. The Morgan fingerprint density at radius 1 is 0.977 bits per heavy atom. The van der Waals surface area contributed by atoms with Crippen molar-refractivity contribution in [2.75, 3.05) is 6.61 Å². The van der Waals surface area contributed by atoms with Crippen molar-refractivity contribution in [2.24, 2.45) is 23.7 Å². The van der Waals surface area contributed by atoms with Gasteiger partial charge in [-0.2, -0.15) is 0 Å². The highest BCUT2D eigenvalue weighted by atomic mass is 16.9. The lowest BCUT2D eigenvalue weighted by molar-refractivity contribution is -0.446. The number of aliphatic hydroxyl groups excluding tert-OH is 3. The lowest BCUT2D eigenvalue weighted by Gasteiger charge is -2.61. The molecule has 2 heterocycles. The molecule has 10 nitrogen and oxygen atoms in total. The first-order valence-electron chi connectivity index (χ1n) is 15.3. The van der Waals surface area contributed by atoms with Gasteiger partial charge in [-0.15, -0.1) is 0 Å².